The normalized spacial score (nSPS) is 23.7. The zero-order chi connectivity index (χ0) is 17.5. The van der Waals surface area contributed by atoms with E-state index in [4.69, 9.17) is 4.98 Å². The smallest absolute Gasteiger partial charge is 0.213 e. The van der Waals surface area contributed by atoms with Crippen LogP contribution in [0.2, 0.25) is 0 Å². The van der Waals surface area contributed by atoms with Crippen molar-refractivity contribution in [3.63, 3.8) is 0 Å². The number of hydrogen-bond donors (Lipinski definition) is 0. The lowest BCUT2D eigenvalue weighted by atomic mass is 9.78. The van der Waals surface area contributed by atoms with Crippen LogP contribution in [0.3, 0.4) is 0 Å². The summed E-state index contributed by atoms with van der Waals surface area (Å²) in [6.45, 7) is 2.90. The summed E-state index contributed by atoms with van der Waals surface area (Å²) in [4.78, 5) is 9.45. The first kappa shape index (κ1) is 16.7. The molecule has 0 bridgehead atoms. The van der Waals surface area contributed by atoms with Gasteiger partial charge in [0.25, 0.3) is 0 Å². The van der Waals surface area contributed by atoms with E-state index in [0.29, 0.717) is 13.1 Å². The number of sulfonamides is 1. The largest absolute Gasteiger partial charge is 0.236 e. The first-order valence-corrected chi connectivity index (χ1v) is 10.5. The number of benzene rings is 1. The summed E-state index contributed by atoms with van der Waals surface area (Å²) in [5.74, 6) is 0.894. The van der Waals surface area contributed by atoms with E-state index in [1.807, 2.05) is 36.5 Å². The summed E-state index contributed by atoms with van der Waals surface area (Å²) in [5.41, 5.74) is 3.09. The van der Waals surface area contributed by atoms with Crippen LogP contribution in [0.25, 0.3) is 11.4 Å². The Labute approximate surface area is 149 Å². The Morgan fingerprint density at radius 1 is 1.20 bits per heavy atom. The Morgan fingerprint density at radius 2 is 2.00 bits per heavy atom. The fourth-order valence-corrected chi connectivity index (χ4v) is 5.39. The summed E-state index contributed by atoms with van der Waals surface area (Å²) < 4.78 is 26.5. The molecule has 132 valence electrons. The standard InChI is InChI=1S/C19H23N3O2S/c1-2-25(23,24)22-12-6-10-19(14-22)11-9-16-13-20-18(21-17(16)19)15-7-4-3-5-8-15/h3-5,7-8,13H,2,6,9-12,14H2,1H3. The fraction of sp³-hybridized carbons (Fsp3) is 0.474. The van der Waals surface area contributed by atoms with E-state index in [1.165, 1.54) is 5.56 Å². The van der Waals surface area contributed by atoms with Crippen molar-refractivity contribution in [3.05, 3.63) is 47.8 Å². The van der Waals surface area contributed by atoms with Gasteiger partial charge in [-0.2, -0.15) is 0 Å². The number of nitrogens with zero attached hydrogens (tertiary/aromatic N) is 3. The molecule has 0 amide bonds. The Bertz CT molecular complexity index is 879. The number of aryl methyl sites for hydroxylation is 1. The molecule has 1 aromatic carbocycles. The first-order chi connectivity index (χ1) is 12.0. The van der Waals surface area contributed by atoms with Crippen molar-refractivity contribution in [2.24, 2.45) is 0 Å². The van der Waals surface area contributed by atoms with E-state index >= 15 is 0 Å². The molecule has 1 aliphatic carbocycles. The van der Waals surface area contributed by atoms with Gasteiger partial charge in [-0.25, -0.2) is 22.7 Å². The molecular formula is C19H23N3O2S. The second kappa shape index (κ2) is 6.18. The molecule has 1 spiro atoms. The van der Waals surface area contributed by atoms with Gasteiger partial charge in [-0.3, -0.25) is 0 Å². The summed E-state index contributed by atoms with van der Waals surface area (Å²) >= 11 is 0. The van der Waals surface area contributed by atoms with Crippen LogP contribution in [0, 0.1) is 0 Å². The molecule has 0 radical (unpaired) electrons. The highest BCUT2D eigenvalue weighted by atomic mass is 32.2. The maximum atomic E-state index is 12.4. The monoisotopic (exact) mass is 357 g/mol. The lowest BCUT2D eigenvalue weighted by molar-refractivity contribution is 0.220. The molecule has 1 saturated heterocycles. The molecule has 2 aliphatic rings. The zero-order valence-electron chi connectivity index (χ0n) is 14.5. The molecule has 1 unspecified atom stereocenters. The number of fused-ring (bicyclic) bond motifs is 2. The van der Waals surface area contributed by atoms with Gasteiger partial charge in [0.1, 0.15) is 0 Å². The fourth-order valence-electron chi connectivity index (χ4n) is 4.17. The van der Waals surface area contributed by atoms with Crippen LogP contribution in [-0.4, -0.2) is 41.5 Å². The molecule has 1 fully saturated rings. The van der Waals surface area contributed by atoms with Crippen molar-refractivity contribution in [1.82, 2.24) is 14.3 Å². The predicted molar refractivity (Wildman–Crippen MR) is 97.7 cm³/mol. The van der Waals surface area contributed by atoms with Gasteiger partial charge in [-0.15, -0.1) is 0 Å². The molecule has 5 nitrogen and oxygen atoms in total. The second-order valence-corrected chi connectivity index (χ2v) is 9.31. The van der Waals surface area contributed by atoms with Crippen LogP contribution in [0.15, 0.2) is 36.5 Å². The molecule has 1 aromatic heterocycles. The molecule has 6 heteroatoms. The first-order valence-electron chi connectivity index (χ1n) is 8.94. The highest BCUT2D eigenvalue weighted by molar-refractivity contribution is 7.89. The molecule has 4 rings (SSSR count). The van der Waals surface area contributed by atoms with Gasteiger partial charge in [-0.1, -0.05) is 30.3 Å². The summed E-state index contributed by atoms with van der Waals surface area (Å²) in [5, 5.41) is 0. The molecule has 1 aliphatic heterocycles. The van der Waals surface area contributed by atoms with Gasteiger partial charge in [0.05, 0.1) is 11.4 Å². The van der Waals surface area contributed by atoms with Crippen LogP contribution < -0.4 is 0 Å². The van der Waals surface area contributed by atoms with Gasteiger partial charge in [0, 0.05) is 30.3 Å². The number of aromatic nitrogens is 2. The molecule has 0 saturated carbocycles. The highest BCUT2D eigenvalue weighted by Gasteiger charge is 2.45. The van der Waals surface area contributed by atoms with Crippen molar-refractivity contribution < 1.29 is 8.42 Å². The zero-order valence-corrected chi connectivity index (χ0v) is 15.3. The second-order valence-electron chi connectivity index (χ2n) is 7.05. The Hall–Kier alpha value is -1.79. The molecule has 2 heterocycles. The number of rotatable bonds is 3. The van der Waals surface area contributed by atoms with Crippen LogP contribution in [-0.2, 0) is 21.9 Å². The number of piperidine rings is 1. The van der Waals surface area contributed by atoms with E-state index < -0.39 is 10.0 Å². The summed E-state index contributed by atoms with van der Waals surface area (Å²) in [7, 11) is -3.16. The minimum Gasteiger partial charge on any atom is -0.236 e. The number of hydrogen-bond acceptors (Lipinski definition) is 4. The third-order valence-corrected chi connectivity index (χ3v) is 7.40. The predicted octanol–water partition coefficient (Wildman–Crippen LogP) is 2.77. The van der Waals surface area contributed by atoms with Gasteiger partial charge in [0.2, 0.25) is 10.0 Å². The minimum absolute atomic E-state index is 0.151. The molecular weight excluding hydrogens is 334 g/mol. The van der Waals surface area contributed by atoms with Crippen molar-refractivity contribution in [2.45, 2.75) is 38.0 Å². The van der Waals surface area contributed by atoms with Crippen LogP contribution in [0.4, 0.5) is 0 Å². The molecule has 2 aromatic rings. The molecule has 1 atom stereocenters. The lowest BCUT2D eigenvalue weighted by Crippen LogP contribution is -2.48. The molecule has 25 heavy (non-hydrogen) atoms. The Kier molecular flexibility index (Phi) is 4.12. The maximum Gasteiger partial charge on any atom is 0.213 e. The van der Waals surface area contributed by atoms with E-state index in [2.05, 4.69) is 4.98 Å². The SMILES string of the molecule is CCS(=O)(=O)N1CCCC2(CCc3cnc(-c4ccccc4)nc32)C1. The van der Waals surface area contributed by atoms with Gasteiger partial charge in [0.15, 0.2) is 5.82 Å². The van der Waals surface area contributed by atoms with E-state index in [0.717, 1.165) is 42.8 Å². The van der Waals surface area contributed by atoms with Crippen LogP contribution in [0.1, 0.15) is 37.4 Å². The van der Waals surface area contributed by atoms with Crippen LogP contribution >= 0.6 is 0 Å². The van der Waals surface area contributed by atoms with E-state index in [-0.39, 0.29) is 11.2 Å². The maximum absolute atomic E-state index is 12.4. The Morgan fingerprint density at radius 3 is 2.76 bits per heavy atom. The van der Waals surface area contributed by atoms with E-state index in [1.54, 1.807) is 11.2 Å². The topological polar surface area (TPSA) is 63.2 Å². The third-order valence-electron chi connectivity index (χ3n) is 5.57. The average molecular weight is 357 g/mol. The lowest BCUT2D eigenvalue weighted by Gasteiger charge is -2.39. The van der Waals surface area contributed by atoms with Crippen molar-refractivity contribution >= 4 is 10.0 Å². The minimum atomic E-state index is -3.16. The third kappa shape index (κ3) is 2.87. The summed E-state index contributed by atoms with van der Waals surface area (Å²) in [6.07, 6.45) is 5.73. The highest BCUT2D eigenvalue weighted by Crippen LogP contribution is 2.44. The average Bonchev–Trinajstić information content (AvgIpc) is 3.00. The quantitative estimate of drug-likeness (QED) is 0.847. The van der Waals surface area contributed by atoms with Gasteiger partial charge < -0.3 is 0 Å². The summed E-state index contributed by atoms with van der Waals surface area (Å²) in [6, 6.07) is 9.97. The van der Waals surface area contributed by atoms with Gasteiger partial charge >= 0.3 is 0 Å². The van der Waals surface area contributed by atoms with Gasteiger partial charge in [-0.05, 0) is 38.2 Å². The Balaban J connectivity index is 1.73. The van der Waals surface area contributed by atoms with Crippen molar-refractivity contribution in [2.75, 3.05) is 18.8 Å². The molecule has 0 N–H and O–H groups in total. The van der Waals surface area contributed by atoms with Crippen molar-refractivity contribution in [1.29, 1.82) is 0 Å². The van der Waals surface area contributed by atoms with E-state index in [9.17, 15) is 8.42 Å². The van der Waals surface area contributed by atoms with Crippen LogP contribution in [0.5, 0.6) is 0 Å². The van der Waals surface area contributed by atoms with Crippen molar-refractivity contribution in [3.8, 4) is 11.4 Å².